The number of amides is 1. The molecular weight excluding hydrogens is 283 g/mol. The standard InChI is InChI=1S/C17H21FN2O2/c1-12-5-4-8-20(11-12)16(21)17(2)10-15(19-22-17)13-6-3-7-14(18)9-13/h3,6-7,9,12H,4-5,8,10-11H2,1-2H3. The van der Waals surface area contributed by atoms with Crippen LogP contribution < -0.4 is 0 Å². The molecule has 0 spiro atoms. The van der Waals surface area contributed by atoms with E-state index in [9.17, 15) is 9.18 Å². The highest BCUT2D eigenvalue weighted by atomic mass is 19.1. The van der Waals surface area contributed by atoms with Gasteiger partial charge in [-0.3, -0.25) is 4.79 Å². The van der Waals surface area contributed by atoms with Crippen molar-refractivity contribution in [3.63, 3.8) is 0 Å². The van der Waals surface area contributed by atoms with E-state index in [1.807, 2.05) is 4.90 Å². The molecule has 3 rings (SSSR count). The predicted molar refractivity (Wildman–Crippen MR) is 82.0 cm³/mol. The Bertz CT molecular complexity index is 616. The summed E-state index contributed by atoms with van der Waals surface area (Å²) < 4.78 is 13.3. The number of benzene rings is 1. The predicted octanol–water partition coefficient (Wildman–Crippen LogP) is 2.97. The summed E-state index contributed by atoms with van der Waals surface area (Å²) >= 11 is 0. The van der Waals surface area contributed by atoms with Crippen LogP contribution in [-0.2, 0) is 9.63 Å². The molecule has 118 valence electrons. The largest absolute Gasteiger partial charge is 0.379 e. The summed E-state index contributed by atoms with van der Waals surface area (Å²) in [5.74, 6) is 0.186. The van der Waals surface area contributed by atoms with Gasteiger partial charge in [0.15, 0.2) is 0 Å². The SMILES string of the molecule is CC1CCCN(C(=O)C2(C)CC(c3cccc(F)c3)=NO2)C1. The van der Waals surface area contributed by atoms with Crippen molar-refractivity contribution in [3.05, 3.63) is 35.6 Å². The van der Waals surface area contributed by atoms with Crippen LogP contribution in [0.3, 0.4) is 0 Å². The van der Waals surface area contributed by atoms with Crippen molar-refractivity contribution in [2.24, 2.45) is 11.1 Å². The van der Waals surface area contributed by atoms with Gasteiger partial charge in [0.2, 0.25) is 5.60 Å². The second-order valence-corrected chi connectivity index (χ2v) is 6.55. The Morgan fingerprint density at radius 1 is 1.50 bits per heavy atom. The number of hydrogen-bond acceptors (Lipinski definition) is 3. The minimum atomic E-state index is -0.974. The van der Waals surface area contributed by atoms with Crippen LogP contribution in [0, 0.1) is 11.7 Å². The van der Waals surface area contributed by atoms with Crippen LogP contribution in [0.4, 0.5) is 4.39 Å². The van der Waals surface area contributed by atoms with Crippen LogP contribution in [0.15, 0.2) is 29.4 Å². The molecule has 2 unspecified atom stereocenters. The fourth-order valence-corrected chi connectivity index (χ4v) is 3.19. The first-order chi connectivity index (χ1) is 10.5. The van der Waals surface area contributed by atoms with Gasteiger partial charge >= 0.3 is 0 Å². The normalized spacial score (nSPS) is 28.2. The molecule has 2 atom stereocenters. The monoisotopic (exact) mass is 304 g/mol. The Morgan fingerprint density at radius 3 is 3.05 bits per heavy atom. The van der Waals surface area contributed by atoms with Crippen molar-refractivity contribution in [3.8, 4) is 0 Å². The number of rotatable bonds is 2. The Hall–Kier alpha value is -1.91. The van der Waals surface area contributed by atoms with Crippen molar-refractivity contribution < 1.29 is 14.0 Å². The maximum Gasteiger partial charge on any atom is 0.269 e. The van der Waals surface area contributed by atoms with Gasteiger partial charge in [0.1, 0.15) is 5.82 Å². The number of carbonyl (C=O) groups is 1. The lowest BCUT2D eigenvalue weighted by molar-refractivity contribution is -0.155. The molecule has 1 fully saturated rings. The Labute approximate surface area is 129 Å². The number of carbonyl (C=O) groups excluding carboxylic acids is 1. The van der Waals surface area contributed by atoms with Crippen LogP contribution in [0.25, 0.3) is 0 Å². The molecular formula is C17H21FN2O2. The lowest BCUT2D eigenvalue weighted by atomic mass is 9.92. The molecule has 0 aliphatic carbocycles. The van der Waals surface area contributed by atoms with Crippen LogP contribution in [0.2, 0.25) is 0 Å². The van der Waals surface area contributed by atoms with Gasteiger partial charge in [0.05, 0.1) is 5.71 Å². The van der Waals surface area contributed by atoms with Gasteiger partial charge in [-0.2, -0.15) is 0 Å². The highest BCUT2D eigenvalue weighted by Crippen LogP contribution is 2.30. The van der Waals surface area contributed by atoms with E-state index in [2.05, 4.69) is 12.1 Å². The third-order valence-electron chi connectivity index (χ3n) is 4.42. The van der Waals surface area contributed by atoms with Gasteiger partial charge in [0.25, 0.3) is 5.91 Å². The first kappa shape index (κ1) is 15.0. The first-order valence-electron chi connectivity index (χ1n) is 7.78. The van der Waals surface area contributed by atoms with Gasteiger partial charge in [-0.1, -0.05) is 24.2 Å². The molecule has 0 bridgehead atoms. The zero-order valence-corrected chi connectivity index (χ0v) is 13.0. The van der Waals surface area contributed by atoms with Crippen LogP contribution >= 0.6 is 0 Å². The number of likely N-dealkylation sites (tertiary alicyclic amines) is 1. The van der Waals surface area contributed by atoms with E-state index in [4.69, 9.17) is 4.84 Å². The third kappa shape index (κ3) is 2.85. The van der Waals surface area contributed by atoms with Crippen molar-refractivity contribution >= 4 is 11.6 Å². The van der Waals surface area contributed by atoms with Crippen molar-refractivity contribution in [2.45, 2.75) is 38.7 Å². The second kappa shape index (κ2) is 5.71. The summed E-state index contributed by atoms with van der Waals surface area (Å²) in [4.78, 5) is 20.1. The molecule has 0 radical (unpaired) electrons. The summed E-state index contributed by atoms with van der Waals surface area (Å²) in [6.07, 6.45) is 2.56. The molecule has 4 nitrogen and oxygen atoms in total. The number of piperidine rings is 1. The smallest absolute Gasteiger partial charge is 0.269 e. The zero-order valence-electron chi connectivity index (χ0n) is 13.0. The van der Waals surface area contributed by atoms with Gasteiger partial charge in [-0.25, -0.2) is 4.39 Å². The summed E-state index contributed by atoms with van der Waals surface area (Å²) in [5.41, 5.74) is 0.322. The molecule has 1 aromatic carbocycles. The Morgan fingerprint density at radius 2 is 2.32 bits per heavy atom. The number of oxime groups is 1. The first-order valence-corrected chi connectivity index (χ1v) is 7.78. The Balaban J connectivity index is 1.72. The van der Waals surface area contributed by atoms with E-state index in [1.165, 1.54) is 12.1 Å². The summed E-state index contributed by atoms with van der Waals surface area (Å²) in [6, 6.07) is 6.22. The van der Waals surface area contributed by atoms with Crippen molar-refractivity contribution in [1.29, 1.82) is 0 Å². The quantitative estimate of drug-likeness (QED) is 0.843. The molecule has 1 amide bonds. The second-order valence-electron chi connectivity index (χ2n) is 6.55. The van der Waals surface area contributed by atoms with Crippen LogP contribution in [0.5, 0.6) is 0 Å². The Kier molecular flexibility index (Phi) is 3.89. The molecule has 0 aromatic heterocycles. The third-order valence-corrected chi connectivity index (χ3v) is 4.42. The van der Waals surface area contributed by atoms with Gasteiger partial charge in [-0.15, -0.1) is 0 Å². The van der Waals surface area contributed by atoms with Crippen LogP contribution in [0.1, 0.15) is 38.7 Å². The van der Waals surface area contributed by atoms with Gasteiger partial charge < -0.3 is 9.74 Å². The van der Waals surface area contributed by atoms with E-state index in [1.54, 1.807) is 19.1 Å². The minimum Gasteiger partial charge on any atom is -0.379 e. The maximum atomic E-state index is 13.3. The molecule has 0 saturated carbocycles. The molecule has 2 aliphatic heterocycles. The van der Waals surface area contributed by atoms with E-state index in [0.29, 0.717) is 23.6 Å². The molecule has 22 heavy (non-hydrogen) atoms. The van der Waals surface area contributed by atoms with E-state index in [-0.39, 0.29) is 11.7 Å². The summed E-state index contributed by atoms with van der Waals surface area (Å²) in [6.45, 7) is 5.47. The van der Waals surface area contributed by atoms with E-state index < -0.39 is 5.60 Å². The average Bonchev–Trinajstić information content (AvgIpc) is 2.90. The topological polar surface area (TPSA) is 41.9 Å². The van der Waals surface area contributed by atoms with Crippen molar-refractivity contribution in [2.75, 3.05) is 13.1 Å². The lowest BCUT2D eigenvalue weighted by Gasteiger charge is -2.35. The molecule has 2 heterocycles. The van der Waals surface area contributed by atoms with E-state index in [0.717, 1.165) is 25.9 Å². The maximum absolute atomic E-state index is 13.3. The van der Waals surface area contributed by atoms with Crippen LogP contribution in [-0.4, -0.2) is 35.2 Å². The van der Waals surface area contributed by atoms with E-state index >= 15 is 0 Å². The van der Waals surface area contributed by atoms with Crippen molar-refractivity contribution in [1.82, 2.24) is 4.90 Å². The molecule has 2 aliphatic rings. The number of halogens is 1. The highest BCUT2D eigenvalue weighted by molar-refractivity contribution is 6.05. The van der Waals surface area contributed by atoms with Gasteiger partial charge in [0, 0.05) is 25.1 Å². The summed E-state index contributed by atoms with van der Waals surface area (Å²) in [7, 11) is 0. The number of nitrogens with zero attached hydrogens (tertiary/aromatic N) is 2. The fraction of sp³-hybridized carbons (Fsp3) is 0.529. The lowest BCUT2D eigenvalue weighted by Crippen LogP contribution is -2.50. The van der Waals surface area contributed by atoms with Gasteiger partial charge in [-0.05, 0) is 37.8 Å². The molecule has 1 saturated heterocycles. The molecule has 0 N–H and O–H groups in total. The fourth-order valence-electron chi connectivity index (χ4n) is 3.19. The average molecular weight is 304 g/mol. The number of hydrogen-bond donors (Lipinski definition) is 0. The molecule has 1 aromatic rings. The minimum absolute atomic E-state index is 0.0193. The molecule has 5 heteroatoms. The highest BCUT2D eigenvalue weighted by Gasteiger charge is 2.45. The summed E-state index contributed by atoms with van der Waals surface area (Å²) in [5, 5.41) is 4.04. The zero-order chi connectivity index (χ0) is 15.7.